The van der Waals surface area contributed by atoms with Gasteiger partial charge >= 0.3 is 12.1 Å². The minimum Gasteiger partial charge on any atom is -0.507 e. The van der Waals surface area contributed by atoms with Gasteiger partial charge in [0.2, 0.25) is 0 Å². The Hall–Kier alpha value is -2.71. The SMILES string of the molecule is CCOC(=O)c1c(O)cc(=O)[nH]c1N1CCN(C(=O)OCC)CC1. The highest BCUT2D eigenvalue weighted by molar-refractivity contribution is 5.97. The number of nitrogens with zero attached hydrogens (tertiary/aromatic N) is 2. The Balaban J connectivity index is 2.22. The van der Waals surface area contributed by atoms with E-state index in [1.807, 2.05) is 0 Å². The van der Waals surface area contributed by atoms with Gasteiger partial charge in [-0.25, -0.2) is 9.59 Å². The van der Waals surface area contributed by atoms with Crippen molar-refractivity contribution in [1.82, 2.24) is 9.88 Å². The lowest BCUT2D eigenvalue weighted by molar-refractivity contribution is 0.0522. The van der Waals surface area contributed by atoms with Gasteiger partial charge in [0.05, 0.1) is 13.2 Å². The Bertz CT molecular complexity index is 664. The number of rotatable bonds is 4. The second-order valence-electron chi connectivity index (χ2n) is 5.14. The quantitative estimate of drug-likeness (QED) is 0.770. The molecule has 1 aromatic heterocycles. The predicted molar refractivity (Wildman–Crippen MR) is 85.5 cm³/mol. The number of piperazine rings is 1. The minimum absolute atomic E-state index is 0.0824. The number of amides is 1. The van der Waals surface area contributed by atoms with Crippen molar-refractivity contribution < 1.29 is 24.2 Å². The van der Waals surface area contributed by atoms with Crippen molar-refractivity contribution in [3.63, 3.8) is 0 Å². The first-order valence-electron chi connectivity index (χ1n) is 7.78. The van der Waals surface area contributed by atoms with Gasteiger partial charge < -0.3 is 29.4 Å². The van der Waals surface area contributed by atoms with Crippen LogP contribution in [0.5, 0.6) is 5.75 Å². The van der Waals surface area contributed by atoms with Crippen molar-refractivity contribution in [2.75, 3.05) is 44.3 Å². The number of hydrogen-bond acceptors (Lipinski definition) is 7. The Morgan fingerprint density at radius 2 is 1.79 bits per heavy atom. The van der Waals surface area contributed by atoms with Gasteiger partial charge in [-0.15, -0.1) is 0 Å². The maximum Gasteiger partial charge on any atom is 0.409 e. The van der Waals surface area contributed by atoms with E-state index in [1.54, 1.807) is 23.6 Å². The van der Waals surface area contributed by atoms with E-state index < -0.39 is 23.4 Å². The molecular weight excluding hydrogens is 318 g/mol. The molecule has 9 heteroatoms. The lowest BCUT2D eigenvalue weighted by Gasteiger charge is -2.35. The first-order chi connectivity index (χ1) is 11.5. The maximum absolute atomic E-state index is 12.1. The number of carbonyl (C=O) groups excluding carboxylic acids is 2. The highest BCUT2D eigenvalue weighted by Crippen LogP contribution is 2.26. The number of hydrogen-bond donors (Lipinski definition) is 2. The van der Waals surface area contributed by atoms with Crippen molar-refractivity contribution in [2.45, 2.75) is 13.8 Å². The average Bonchev–Trinajstić information content (AvgIpc) is 2.54. The Labute approximate surface area is 138 Å². The number of esters is 1. The molecule has 0 unspecified atom stereocenters. The molecule has 0 bridgehead atoms. The highest BCUT2D eigenvalue weighted by Gasteiger charge is 2.28. The molecule has 132 valence electrons. The summed E-state index contributed by atoms with van der Waals surface area (Å²) in [6.07, 6.45) is -0.396. The summed E-state index contributed by atoms with van der Waals surface area (Å²) in [5, 5.41) is 9.98. The van der Waals surface area contributed by atoms with Crippen LogP contribution >= 0.6 is 0 Å². The van der Waals surface area contributed by atoms with Crippen molar-refractivity contribution in [3.8, 4) is 5.75 Å². The minimum atomic E-state index is -0.714. The molecule has 0 spiro atoms. The monoisotopic (exact) mass is 339 g/mol. The van der Waals surface area contributed by atoms with Crippen LogP contribution in [0, 0.1) is 0 Å². The van der Waals surface area contributed by atoms with E-state index in [9.17, 15) is 19.5 Å². The molecule has 1 saturated heterocycles. The number of nitrogens with one attached hydrogen (secondary N) is 1. The molecule has 1 aliphatic heterocycles. The van der Waals surface area contributed by atoms with E-state index in [0.29, 0.717) is 32.8 Å². The van der Waals surface area contributed by atoms with Crippen LogP contribution in [0.4, 0.5) is 10.6 Å². The Morgan fingerprint density at radius 1 is 1.17 bits per heavy atom. The fourth-order valence-electron chi connectivity index (χ4n) is 2.50. The third-order valence-electron chi connectivity index (χ3n) is 3.60. The first kappa shape index (κ1) is 17.6. The van der Waals surface area contributed by atoms with Crippen LogP contribution in [-0.2, 0) is 9.47 Å². The summed E-state index contributed by atoms with van der Waals surface area (Å²) in [5.41, 5.74) is -0.607. The molecule has 2 rings (SSSR count). The molecule has 1 amide bonds. The number of aromatic nitrogens is 1. The fourth-order valence-corrected chi connectivity index (χ4v) is 2.50. The Kier molecular flexibility index (Phi) is 5.67. The normalized spacial score (nSPS) is 14.4. The van der Waals surface area contributed by atoms with E-state index in [2.05, 4.69) is 4.98 Å². The Morgan fingerprint density at radius 3 is 2.38 bits per heavy atom. The third kappa shape index (κ3) is 3.79. The van der Waals surface area contributed by atoms with Gasteiger partial charge in [-0.1, -0.05) is 0 Å². The van der Waals surface area contributed by atoms with Crippen LogP contribution < -0.4 is 10.5 Å². The molecule has 1 aliphatic rings. The summed E-state index contributed by atoms with van der Waals surface area (Å²) in [6, 6.07) is 0.935. The van der Waals surface area contributed by atoms with Gasteiger partial charge in [0.15, 0.2) is 0 Å². The van der Waals surface area contributed by atoms with E-state index in [1.165, 1.54) is 0 Å². The van der Waals surface area contributed by atoms with Crippen molar-refractivity contribution >= 4 is 17.9 Å². The average molecular weight is 339 g/mol. The van der Waals surface area contributed by atoms with Gasteiger partial charge in [-0.05, 0) is 13.8 Å². The van der Waals surface area contributed by atoms with E-state index in [0.717, 1.165) is 6.07 Å². The molecule has 0 radical (unpaired) electrons. The van der Waals surface area contributed by atoms with Crippen molar-refractivity contribution in [1.29, 1.82) is 0 Å². The standard InChI is InChI=1S/C15H21N3O6/c1-3-23-14(21)12-10(19)9-11(20)16-13(12)17-5-7-18(8-6-17)15(22)24-4-2/h9H,3-8H2,1-2H3,(H2,16,19,20). The second-order valence-corrected chi connectivity index (χ2v) is 5.14. The van der Waals surface area contributed by atoms with E-state index in [-0.39, 0.29) is 18.0 Å². The number of aromatic amines is 1. The van der Waals surface area contributed by atoms with Gasteiger partial charge in [0.25, 0.3) is 5.56 Å². The van der Waals surface area contributed by atoms with Crippen LogP contribution in [0.2, 0.25) is 0 Å². The van der Waals surface area contributed by atoms with Crippen LogP contribution in [0.1, 0.15) is 24.2 Å². The third-order valence-corrected chi connectivity index (χ3v) is 3.60. The van der Waals surface area contributed by atoms with Crippen molar-refractivity contribution in [2.24, 2.45) is 0 Å². The van der Waals surface area contributed by atoms with E-state index in [4.69, 9.17) is 9.47 Å². The lowest BCUT2D eigenvalue weighted by Crippen LogP contribution is -2.49. The summed E-state index contributed by atoms with van der Waals surface area (Å²) in [5.74, 6) is -0.948. The zero-order chi connectivity index (χ0) is 17.7. The summed E-state index contributed by atoms with van der Waals surface area (Å²) in [4.78, 5) is 41.3. The number of H-pyrrole nitrogens is 1. The molecule has 24 heavy (non-hydrogen) atoms. The summed E-state index contributed by atoms with van der Waals surface area (Å²) < 4.78 is 9.89. The molecule has 0 atom stereocenters. The molecule has 2 heterocycles. The van der Waals surface area contributed by atoms with Gasteiger partial charge in [-0.2, -0.15) is 0 Å². The molecule has 0 aliphatic carbocycles. The molecule has 1 aromatic rings. The second kappa shape index (κ2) is 7.71. The largest absolute Gasteiger partial charge is 0.507 e. The van der Waals surface area contributed by atoms with Crippen LogP contribution in [-0.4, -0.2) is 66.4 Å². The molecular formula is C15H21N3O6. The van der Waals surface area contributed by atoms with Crippen LogP contribution in [0.3, 0.4) is 0 Å². The predicted octanol–water partition coefficient (Wildman–Crippen LogP) is 0.536. The summed E-state index contributed by atoms with van der Waals surface area (Å²) >= 11 is 0. The van der Waals surface area contributed by atoms with Gasteiger partial charge in [-0.3, -0.25) is 4.79 Å². The topological polar surface area (TPSA) is 112 Å². The first-order valence-corrected chi connectivity index (χ1v) is 7.78. The van der Waals surface area contributed by atoms with Gasteiger partial charge in [0, 0.05) is 32.2 Å². The zero-order valence-electron chi connectivity index (χ0n) is 13.7. The molecule has 9 nitrogen and oxygen atoms in total. The zero-order valence-corrected chi connectivity index (χ0v) is 13.7. The summed E-state index contributed by atoms with van der Waals surface area (Å²) in [6.45, 7) is 5.34. The van der Waals surface area contributed by atoms with Crippen LogP contribution in [0.25, 0.3) is 0 Å². The smallest absolute Gasteiger partial charge is 0.409 e. The maximum atomic E-state index is 12.1. The highest BCUT2D eigenvalue weighted by atomic mass is 16.6. The summed E-state index contributed by atoms with van der Waals surface area (Å²) in [7, 11) is 0. The molecule has 1 fully saturated rings. The molecule has 2 N–H and O–H groups in total. The number of anilines is 1. The number of ether oxygens (including phenoxy) is 2. The lowest BCUT2D eigenvalue weighted by atomic mass is 10.2. The molecule has 0 saturated carbocycles. The molecule has 0 aromatic carbocycles. The number of carbonyl (C=O) groups is 2. The van der Waals surface area contributed by atoms with E-state index >= 15 is 0 Å². The number of aromatic hydroxyl groups is 1. The fraction of sp³-hybridized carbons (Fsp3) is 0.533. The van der Waals surface area contributed by atoms with Crippen LogP contribution in [0.15, 0.2) is 10.9 Å². The number of pyridine rings is 1. The van der Waals surface area contributed by atoms with Crippen molar-refractivity contribution in [3.05, 3.63) is 22.0 Å². The van der Waals surface area contributed by atoms with Gasteiger partial charge in [0.1, 0.15) is 17.1 Å².